The zero-order valence-corrected chi connectivity index (χ0v) is 9.12. The van der Waals surface area contributed by atoms with E-state index < -0.39 is 0 Å². The van der Waals surface area contributed by atoms with Gasteiger partial charge in [0, 0.05) is 12.7 Å². The van der Waals surface area contributed by atoms with Crippen molar-refractivity contribution in [3.8, 4) is 0 Å². The Morgan fingerprint density at radius 2 is 2.20 bits per heavy atom. The van der Waals surface area contributed by atoms with Crippen LogP contribution in [0.4, 0.5) is 4.39 Å². The van der Waals surface area contributed by atoms with Gasteiger partial charge in [-0.15, -0.1) is 0 Å². The molecule has 0 aliphatic carbocycles. The summed E-state index contributed by atoms with van der Waals surface area (Å²) in [4.78, 5) is 6.36. The van der Waals surface area contributed by atoms with Crippen molar-refractivity contribution in [1.29, 1.82) is 0 Å². The summed E-state index contributed by atoms with van der Waals surface area (Å²) in [6.07, 6.45) is 4.09. The van der Waals surface area contributed by atoms with Crippen molar-refractivity contribution < 1.29 is 4.39 Å². The first-order chi connectivity index (χ1) is 7.25. The van der Waals surface area contributed by atoms with Crippen molar-refractivity contribution >= 4 is 0 Å². The second-order valence-corrected chi connectivity index (χ2v) is 4.39. The molecule has 0 N–H and O–H groups in total. The molecule has 15 heavy (non-hydrogen) atoms. The van der Waals surface area contributed by atoms with E-state index in [0.29, 0.717) is 12.2 Å². The fraction of sp³-hybridized carbons (Fsp3) is 0.583. The average molecular weight is 208 g/mol. The molecule has 82 valence electrons. The zero-order chi connectivity index (χ0) is 10.7. The summed E-state index contributed by atoms with van der Waals surface area (Å²) >= 11 is 0. The van der Waals surface area contributed by atoms with E-state index in [-0.39, 0.29) is 5.82 Å². The lowest BCUT2D eigenvalue weighted by Gasteiger charge is -2.29. The third kappa shape index (κ3) is 2.75. The fourth-order valence-corrected chi connectivity index (χ4v) is 1.97. The van der Waals surface area contributed by atoms with Crippen LogP contribution in [0.25, 0.3) is 0 Å². The van der Waals surface area contributed by atoms with Gasteiger partial charge in [-0.3, -0.25) is 9.88 Å². The van der Waals surface area contributed by atoms with Crippen molar-refractivity contribution in [2.24, 2.45) is 5.92 Å². The van der Waals surface area contributed by atoms with Crippen LogP contribution < -0.4 is 0 Å². The molecule has 1 aromatic heterocycles. The van der Waals surface area contributed by atoms with Gasteiger partial charge >= 0.3 is 0 Å². The number of halogens is 1. The minimum Gasteiger partial charge on any atom is -0.297 e. The average Bonchev–Trinajstić information content (AvgIpc) is 2.25. The standard InChI is InChI=1S/C12H17FN2/c1-10-4-7-15(8-5-10)9-12-11(13)3-2-6-14-12/h2-3,6,10H,4-5,7-9H2,1H3. The summed E-state index contributed by atoms with van der Waals surface area (Å²) in [5.41, 5.74) is 0.576. The molecule has 0 saturated carbocycles. The van der Waals surface area contributed by atoms with Crippen molar-refractivity contribution in [3.63, 3.8) is 0 Å². The lowest BCUT2D eigenvalue weighted by molar-refractivity contribution is 0.181. The first-order valence-corrected chi connectivity index (χ1v) is 5.57. The predicted octanol–water partition coefficient (Wildman–Crippen LogP) is 2.45. The number of rotatable bonds is 2. The van der Waals surface area contributed by atoms with E-state index in [1.165, 1.54) is 18.9 Å². The molecule has 0 atom stereocenters. The van der Waals surface area contributed by atoms with E-state index in [9.17, 15) is 4.39 Å². The lowest BCUT2D eigenvalue weighted by Crippen LogP contribution is -2.32. The van der Waals surface area contributed by atoms with Gasteiger partial charge in [0.05, 0.1) is 5.69 Å². The molecule has 0 bridgehead atoms. The second kappa shape index (κ2) is 4.71. The van der Waals surface area contributed by atoms with Crippen LogP contribution >= 0.6 is 0 Å². The molecule has 2 nitrogen and oxygen atoms in total. The summed E-state index contributed by atoms with van der Waals surface area (Å²) in [5, 5.41) is 0. The summed E-state index contributed by atoms with van der Waals surface area (Å²) in [6, 6.07) is 3.12. The van der Waals surface area contributed by atoms with Gasteiger partial charge in [0.2, 0.25) is 0 Å². The van der Waals surface area contributed by atoms with Crippen LogP contribution in [0.15, 0.2) is 18.3 Å². The Kier molecular flexibility index (Phi) is 3.31. The van der Waals surface area contributed by atoms with Crippen LogP contribution in [0.2, 0.25) is 0 Å². The molecule has 0 radical (unpaired) electrons. The molecule has 1 aliphatic rings. The highest BCUT2D eigenvalue weighted by Crippen LogP contribution is 2.18. The second-order valence-electron chi connectivity index (χ2n) is 4.39. The van der Waals surface area contributed by atoms with Gasteiger partial charge in [0.15, 0.2) is 0 Å². The molecule has 2 rings (SSSR count). The summed E-state index contributed by atoms with van der Waals surface area (Å²) in [5.74, 6) is 0.631. The fourth-order valence-electron chi connectivity index (χ4n) is 1.97. The number of likely N-dealkylation sites (tertiary alicyclic amines) is 1. The number of pyridine rings is 1. The molecule has 1 aliphatic heterocycles. The predicted molar refractivity (Wildman–Crippen MR) is 57.9 cm³/mol. The minimum atomic E-state index is -0.184. The highest BCUT2D eigenvalue weighted by molar-refractivity contribution is 5.06. The minimum absolute atomic E-state index is 0.184. The quantitative estimate of drug-likeness (QED) is 0.742. The molecular formula is C12H17FN2. The Labute approximate surface area is 90.1 Å². The first kappa shape index (κ1) is 10.6. The Bertz CT molecular complexity index is 319. The Balaban J connectivity index is 1.95. The maximum atomic E-state index is 13.3. The van der Waals surface area contributed by atoms with E-state index >= 15 is 0 Å². The van der Waals surface area contributed by atoms with Crippen molar-refractivity contribution in [3.05, 3.63) is 29.8 Å². The molecule has 0 spiro atoms. The number of hydrogen-bond acceptors (Lipinski definition) is 2. The van der Waals surface area contributed by atoms with Gasteiger partial charge in [-0.25, -0.2) is 4.39 Å². The monoisotopic (exact) mass is 208 g/mol. The molecule has 0 aromatic carbocycles. The summed E-state index contributed by atoms with van der Waals surface area (Å²) in [6.45, 7) is 5.06. The van der Waals surface area contributed by atoms with Crippen LogP contribution in [-0.2, 0) is 6.54 Å². The van der Waals surface area contributed by atoms with Crippen molar-refractivity contribution in [2.45, 2.75) is 26.3 Å². The molecule has 1 saturated heterocycles. The van der Waals surface area contributed by atoms with Crippen LogP contribution in [0, 0.1) is 11.7 Å². The zero-order valence-electron chi connectivity index (χ0n) is 9.12. The largest absolute Gasteiger partial charge is 0.297 e. The molecule has 3 heteroatoms. The summed E-state index contributed by atoms with van der Waals surface area (Å²) in [7, 11) is 0. The number of nitrogens with zero attached hydrogens (tertiary/aromatic N) is 2. The molecule has 1 fully saturated rings. The number of aromatic nitrogens is 1. The molecular weight excluding hydrogens is 191 g/mol. The normalized spacial score (nSPS) is 19.3. The van der Waals surface area contributed by atoms with Crippen LogP contribution in [0.3, 0.4) is 0 Å². The first-order valence-electron chi connectivity index (χ1n) is 5.57. The van der Waals surface area contributed by atoms with Crippen LogP contribution in [-0.4, -0.2) is 23.0 Å². The van der Waals surface area contributed by atoms with Gasteiger partial charge in [-0.1, -0.05) is 6.92 Å². The number of piperidine rings is 1. The van der Waals surface area contributed by atoms with Crippen molar-refractivity contribution in [1.82, 2.24) is 9.88 Å². The third-order valence-electron chi connectivity index (χ3n) is 3.08. The maximum absolute atomic E-state index is 13.3. The molecule has 2 heterocycles. The van der Waals surface area contributed by atoms with E-state index in [1.807, 2.05) is 0 Å². The Morgan fingerprint density at radius 1 is 1.47 bits per heavy atom. The Morgan fingerprint density at radius 3 is 2.87 bits per heavy atom. The number of hydrogen-bond donors (Lipinski definition) is 0. The summed E-state index contributed by atoms with van der Waals surface area (Å²) < 4.78 is 13.3. The highest BCUT2D eigenvalue weighted by atomic mass is 19.1. The van der Waals surface area contributed by atoms with Gasteiger partial charge in [-0.2, -0.15) is 0 Å². The maximum Gasteiger partial charge on any atom is 0.146 e. The van der Waals surface area contributed by atoms with Crippen molar-refractivity contribution in [2.75, 3.05) is 13.1 Å². The van der Waals surface area contributed by atoms with E-state index in [4.69, 9.17) is 0 Å². The SMILES string of the molecule is CC1CCN(Cc2ncccc2F)CC1. The third-order valence-corrected chi connectivity index (χ3v) is 3.08. The van der Waals surface area contributed by atoms with Gasteiger partial charge < -0.3 is 0 Å². The molecule has 1 aromatic rings. The van der Waals surface area contributed by atoms with E-state index in [1.54, 1.807) is 12.3 Å². The van der Waals surface area contributed by atoms with Gasteiger partial charge in [-0.05, 0) is 44.0 Å². The van der Waals surface area contributed by atoms with E-state index in [2.05, 4.69) is 16.8 Å². The topological polar surface area (TPSA) is 16.1 Å². The van der Waals surface area contributed by atoms with E-state index in [0.717, 1.165) is 19.0 Å². The lowest BCUT2D eigenvalue weighted by atomic mass is 9.99. The molecule has 0 unspecified atom stereocenters. The Hall–Kier alpha value is -0.960. The van der Waals surface area contributed by atoms with Crippen LogP contribution in [0.1, 0.15) is 25.5 Å². The van der Waals surface area contributed by atoms with Gasteiger partial charge in [0.25, 0.3) is 0 Å². The molecule has 0 amide bonds. The smallest absolute Gasteiger partial charge is 0.146 e. The highest BCUT2D eigenvalue weighted by Gasteiger charge is 2.17. The van der Waals surface area contributed by atoms with Gasteiger partial charge in [0.1, 0.15) is 5.82 Å². The van der Waals surface area contributed by atoms with Crippen LogP contribution in [0.5, 0.6) is 0 Å².